The minimum Gasteiger partial charge on any atom is -0.478 e. The van der Waals surface area contributed by atoms with Crippen molar-refractivity contribution in [1.29, 1.82) is 0 Å². The van der Waals surface area contributed by atoms with Gasteiger partial charge in [0.15, 0.2) is 6.54 Å². The molecule has 0 spiro atoms. The fraction of sp³-hybridized carbons (Fsp3) is 0.185. The highest BCUT2D eigenvalue weighted by Gasteiger charge is 2.37. The minimum atomic E-state index is -0.277. The van der Waals surface area contributed by atoms with E-state index >= 15 is 0 Å². The van der Waals surface area contributed by atoms with Crippen LogP contribution in [0.3, 0.4) is 0 Å². The van der Waals surface area contributed by atoms with E-state index in [9.17, 15) is 9.18 Å². The molecule has 1 aliphatic heterocycles. The van der Waals surface area contributed by atoms with Gasteiger partial charge in [-0.3, -0.25) is 4.79 Å². The van der Waals surface area contributed by atoms with Gasteiger partial charge in [0.2, 0.25) is 6.21 Å². The molecule has 3 aromatic rings. The maximum Gasteiger partial charge on any atom is 0.317 e. The Hall–Kier alpha value is -3.77. The summed E-state index contributed by atoms with van der Waals surface area (Å²) >= 11 is 0. The van der Waals surface area contributed by atoms with Gasteiger partial charge in [0.05, 0.1) is 6.54 Å². The van der Waals surface area contributed by atoms with Crippen LogP contribution < -0.4 is 10.6 Å². The van der Waals surface area contributed by atoms with Gasteiger partial charge in [-0.15, -0.1) is 0 Å². The van der Waals surface area contributed by atoms with Crippen molar-refractivity contribution in [2.24, 2.45) is 0 Å². The van der Waals surface area contributed by atoms with Gasteiger partial charge in [-0.05, 0) is 41.8 Å². The molecular formula is C27H27FN3O2+. The number of hydrogen-bond acceptors (Lipinski definition) is 3. The van der Waals surface area contributed by atoms with Gasteiger partial charge >= 0.3 is 5.70 Å². The topological polar surface area (TPSA) is 53.4 Å². The molecule has 0 aliphatic carbocycles. The Morgan fingerprint density at radius 2 is 1.70 bits per heavy atom. The number of nitrogens with one attached hydrogen (secondary N) is 2. The summed E-state index contributed by atoms with van der Waals surface area (Å²) in [6.07, 6.45) is 1.91. The van der Waals surface area contributed by atoms with E-state index in [1.54, 1.807) is 13.0 Å². The lowest BCUT2D eigenvalue weighted by Gasteiger charge is -2.09. The molecule has 0 bridgehead atoms. The Morgan fingerprint density at radius 1 is 0.970 bits per heavy atom. The Bertz CT molecular complexity index is 1170. The summed E-state index contributed by atoms with van der Waals surface area (Å²) in [7, 11) is 0. The van der Waals surface area contributed by atoms with Crippen LogP contribution in [0.1, 0.15) is 16.7 Å². The highest BCUT2D eigenvalue weighted by molar-refractivity contribution is 6.06. The van der Waals surface area contributed by atoms with Crippen molar-refractivity contribution in [3.63, 3.8) is 0 Å². The van der Waals surface area contributed by atoms with Crippen molar-refractivity contribution in [2.75, 3.05) is 18.4 Å². The van der Waals surface area contributed by atoms with Crippen molar-refractivity contribution in [1.82, 2.24) is 5.32 Å². The van der Waals surface area contributed by atoms with E-state index in [-0.39, 0.29) is 11.7 Å². The van der Waals surface area contributed by atoms with Crippen LogP contribution in [0.2, 0.25) is 0 Å². The normalized spacial score (nSPS) is 13.8. The number of carbonyl (C=O) groups excluding carboxylic acids is 1. The van der Waals surface area contributed by atoms with Crippen LogP contribution in [-0.2, 0) is 22.7 Å². The second-order valence-electron chi connectivity index (χ2n) is 7.89. The van der Waals surface area contributed by atoms with Crippen LogP contribution in [0.4, 0.5) is 10.1 Å². The smallest absolute Gasteiger partial charge is 0.317 e. The van der Waals surface area contributed by atoms with Gasteiger partial charge in [0.25, 0.3) is 11.7 Å². The highest BCUT2D eigenvalue weighted by atomic mass is 19.1. The molecule has 0 saturated heterocycles. The van der Waals surface area contributed by atoms with E-state index in [4.69, 9.17) is 4.74 Å². The van der Waals surface area contributed by atoms with Crippen molar-refractivity contribution < 1.29 is 18.5 Å². The predicted molar refractivity (Wildman–Crippen MR) is 127 cm³/mol. The van der Waals surface area contributed by atoms with Crippen LogP contribution in [0.5, 0.6) is 0 Å². The van der Waals surface area contributed by atoms with E-state index in [0.717, 1.165) is 16.8 Å². The molecule has 4 rings (SSSR count). The van der Waals surface area contributed by atoms with Crippen LogP contribution in [0.25, 0.3) is 0 Å². The second kappa shape index (κ2) is 10.7. The number of allylic oxidation sites excluding steroid dienone is 1. The molecule has 1 amide bonds. The quantitative estimate of drug-likeness (QED) is 0.211. The molecule has 0 fully saturated rings. The number of carbonyl (C=O) groups is 1. The van der Waals surface area contributed by atoms with Crippen LogP contribution in [0.15, 0.2) is 90.3 Å². The number of ether oxygens (including phenoxy) is 1. The molecule has 0 unspecified atom stereocenters. The van der Waals surface area contributed by atoms with E-state index in [1.165, 1.54) is 6.07 Å². The van der Waals surface area contributed by atoms with Gasteiger partial charge < -0.3 is 15.4 Å². The fourth-order valence-electron chi connectivity index (χ4n) is 3.44. The third kappa shape index (κ3) is 6.37. The van der Waals surface area contributed by atoms with Gasteiger partial charge in [-0.25, -0.2) is 4.39 Å². The standard InChI is InChI=1S/C27H26FN3O2/c1-20-16-22(12-13-24(20)28)17-29-14-15-31-18-25(31)26(33-19-21-8-4-2-5-9-21)27(32)30-23-10-6-3-7-11-23/h2-13,16,18,29H,14-15,17,19H2,1H3/p+1/b26-25-. The largest absolute Gasteiger partial charge is 0.478 e. The molecule has 0 radical (unpaired) electrons. The molecular weight excluding hydrogens is 417 g/mol. The summed E-state index contributed by atoms with van der Waals surface area (Å²) in [5, 5.41) is 6.26. The van der Waals surface area contributed by atoms with Gasteiger partial charge in [-0.2, -0.15) is 4.58 Å². The highest BCUT2D eigenvalue weighted by Crippen LogP contribution is 2.19. The number of amides is 1. The Balaban J connectivity index is 1.35. The maximum atomic E-state index is 13.4. The van der Waals surface area contributed by atoms with Crippen molar-refractivity contribution in [3.05, 3.63) is 113 Å². The van der Waals surface area contributed by atoms with Crippen molar-refractivity contribution in [2.45, 2.75) is 20.1 Å². The first-order valence-electron chi connectivity index (χ1n) is 10.9. The SMILES string of the molecule is Cc1cc(CNCC[N+]2=CC/2=C(/OCc2ccccc2)C(=O)Nc2ccccc2)ccc1F. The zero-order valence-electron chi connectivity index (χ0n) is 18.6. The number of rotatable bonds is 10. The molecule has 6 heteroatoms. The molecule has 1 aliphatic rings. The summed E-state index contributed by atoms with van der Waals surface area (Å²) < 4.78 is 21.4. The summed E-state index contributed by atoms with van der Waals surface area (Å²) in [6.45, 7) is 4.14. The summed E-state index contributed by atoms with van der Waals surface area (Å²) in [4.78, 5) is 12.9. The number of benzene rings is 3. The minimum absolute atomic E-state index is 0.191. The predicted octanol–water partition coefficient (Wildman–Crippen LogP) is 4.39. The molecule has 5 nitrogen and oxygen atoms in total. The molecule has 2 N–H and O–H groups in total. The Morgan fingerprint density at radius 3 is 2.42 bits per heavy atom. The van der Waals surface area contributed by atoms with Gasteiger partial charge in [-0.1, -0.05) is 60.7 Å². The lowest BCUT2D eigenvalue weighted by atomic mass is 10.1. The zero-order valence-corrected chi connectivity index (χ0v) is 18.6. The molecule has 33 heavy (non-hydrogen) atoms. The zero-order chi connectivity index (χ0) is 23.0. The average molecular weight is 445 g/mol. The van der Waals surface area contributed by atoms with Crippen molar-refractivity contribution in [3.8, 4) is 0 Å². The third-order valence-corrected chi connectivity index (χ3v) is 5.30. The summed E-state index contributed by atoms with van der Waals surface area (Å²) in [5.41, 5.74) is 4.16. The second-order valence-corrected chi connectivity index (χ2v) is 7.89. The van der Waals surface area contributed by atoms with E-state index in [1.807, 2.05) is 77.5 Å². The number of aryl methyl sites for hydroxylation is 1. The maximum absolute atomic E-state index is 13.4. The summed E-state index contributed by atoms with van der Waals surface area (Å²) in [6, 6.07) is 24.2. The molecule has 0 atom stereocenters. The first-order chi connectivity index (χ1) is 16.1. The number of anilines is 1. The molecule has 3 aromatic carbocycles. The summed E-state index contributed by atoms with van der Waals surface area (Å²) in [5.74, 6) is -0.165. The number of nitrogens with zero attached hydrogens (tertiary/aromatic N) is 1. The first kappa shape index (κ1) is 22.4. The van der Waals surface area contributed by atoms with E-state index < -0.39 is 0 Å². The van der Waals surface area contributed by atoms with Crippen LogP contribution >= 0.6 is 0 Å². The van der Waals surface area contributed by atoms with Gasteiger partial charge in [0, 0.05) is 12.2 Å². The van der Waals surface area contributed by atoms with Crippen LogP contribution in [-0.4, -0.2) is 29.8 Å². The molecule has 168 valence electrons. The molecule has 1 heterocycles. The third-order valence-electron chi connectivity index (χ3n) is 5.30. The van der Waals surface area contributed by atoms with E-state index in [2.05, 4.69) is 10.6 Å². The fourth-order valence-corrected chi connectivity index (χ4v) is 3.44. The molecule has 0 saturated carbocycles. The van der Waals surface area contributed by atoms with E-state index in [0.29, 0.717) is 43.3 Å². The Kier molecular flexibility index (Phi) is 7.27. The first-order valence-corrected chi connectivity index (χ1v) is 10.9. The average Bonchev–Trinajstić information content (AvgIpc) is 3.59. The lowest BCUT2D eigenvalue weighted by Crippen LogP contribution is -2.21. The monoisotopic (exact) mass is 444 g/mol. The van der Waals surface area contributed by atoms with Gasteiger partial charge in [0.1, 0.15) is 12.4 Å². The lowest BCUT2D eigenvalue weighted by molar-refractivity contribution is -0.403. The molecule has 0 aromatic heterocycles. The Labute approximate surface area is 193 Å². The number of para-hydroxylation sites is 1. The van der Waals surface area contributed by atoms with Crippen molar-refractivity contribution >= 4 is 17.8 Å². The number of halogens is 1. The number of hydrogen-bond donors (Lipinski definition) is 2. The van der Waals surface area contributed by atoms with Crippen LogP contribution in [0, 0.1) is 12.7 Å².